The van der Waals surface area contributed by atoms with E-state index in [1.54, 1.807) is 12.2 Å². The Morgan fingerprint density at radius 3 is 2.30 bits per heavy atom. The van der Waals surface area contributed by atoms with E-state index in [1.807, 2.05) is 0 Å². The number of halogens is 3. The smallest absolute Gasteiger partial charge is 1.00 e. The molecule has 0 bridgehead atoms. The number of benzene rings is 1. The second-order valence-electron chi connectivity index (χ2n) is 6.10. The quantitative estimate of drug-likeness (QED) is 0.524. The van der Waals surface area contributed by atoms with E-state index in [4.69, 9.17) is 0 Å². The number of allylic oxidation sites excluding steroid dienone is 5. The molecule has 1 aromatic rings. The summed E-state index contributed by atoms with van der Waals surface area (Å²) >= 11 is 0. The normalized spacial score (nSPS) is 18.6. The van der Waals surface area contributed by atoms with Crippen LogP contribution in [0.4, 0.5) is 13.2 Å². The van der Waals surface area contributed by atoms with E-state index in [0.29, 0.717) is 10.5 Å². The Kier molecular flexibility index (Phi) is 6.59. The summed E-state index contributed by atoms with van der Waals surface area (Å²) in [4.78, 5) is 0.0793. The van der Waals surface area contributed by atoms with Crippen LogP contribution in [0, 0.1) is 22.8 Å². The van der Waals surface area contributed by atoms with Crippen LogP contribution in [0.5, 0.6) is 0 Å². The van der Waals surface area contributed by atoms with Crippen LogP contribution < -0.4 is 18.9 Å². The van der Waals surface area contributed by atoms with Gasteiger partial charge in [0.05, 0.1) is 4.90 Å². The van der Waals surface area contributed by atoms with Gasteiger partial charge in [0.1, 0.15) is 6.07 Å². The van der Waals surface area contributed by atoms with Crippen LogP contribution in [0.15, 0.2) is 70.9 Å². The zero-order valence-electron chi connectivity index (χ0n) is 16.8. The van der Waals surface area contributed by atoms with Crippen LogP contribution in [0.1, 0.15) is 13.4 Å². The van der Waals surface area contributed by atoms with Gasteiger partial charge in [-0.1, -0.05) is 43.0 Å². The largest absolute Gasteiger partial charge is 1.00 e. The van der Waals surface area contributed by atoms with E-state index in [0.717, 1.165) is 12.1 Å². The standard InChI is InChI=1S/C19H13F3N4O2S.Li.H/c1-2-13-7-9-15(10-8-13)29(27,28)26-17(19(20,21)22)16(11-23)25(12-24)18(26)14-5-3-4-6-14;;/h2-5,7-10,18H,1,6H2;;/q;+1;-1. The van der Waals surface area contributed by atoms with E-state index in [-0.39, 0.29) is 36.6 Å². The maximum atomic E-state index is 13.9. The van der Waals surface area contributed by atoms with Crippen LogP contribution >= 0.6 is 0 Å². The predicted octanol–water partition coefficient (Wildman–Crippen LogP) is 0.743. The first-order chi connectivity index (χ1) is 13.7. The molecule has 0 fully saturated rings. The molecule has 1 aliphatic heterocycles. The summed E-state index contributed by atoms with van der Waals surface area (Å²) < 4.78 is 68.3. The number of rotatable bonds is 4. The summed E-state index contributed by atoms with van der Waals surface area (Å²) in [5.74, 6) is 0. The van der Waals surface area contributed by atoms with Crippen molar-refractivity contribution in [1.29, 1.82) is 10.5 Å². The first kappa shape index (κ1) is 23.4. The molecule has 0 radical (unpaired) electrons. The van der Waals surface area contributed by atoms with Crippen molar-refractivity contribution >= 4 is 16.1 Å². The van der Waals surface area contributed by atoms with Gasteiger partial charge in [-0.2, -0.15) is 23.7 Å². The molecule has 0 saturated carbocycles. The van der Waals surface area contributed by atoms with Gasteiger partial charge in [-0.05, 0) is 29.7 Å². The third kappa shape index (κ3) is 3.78. The van der Waals surface area contributed by atoms with Crippen molar-refractivity contribution < 1.29 is 41.9 Å². The minimum Gasteiger partial charge on any atom is -1.00 e. The van der Waals surface area contributed by atoms with Crippen molar-refractivity contribution in [3.05, 3.63) is 71.6 Å². The molecule has 1 aromatic carbocycles. The monoisotopic (exact) mass is 426 g/mol. The summed E-state index contributed by atoms with van der Waals surface area (Å²) in [6.45, 7) is 3.54. The minimum atomic E-state index is -5.18. The Balaban J connectivity index is 0.00000240. The summed E-state index contributed by atoms with van der Waals surface area (Å²) in [6, 6.07) is 6.44. The molecule has 6 nitrogen and oxygen atoms in total. The Morgan fingerprint density at radius 1 is 1.23 bits per heavy atom. The Morgan fingerprint density at radius 2 is 1.87 bits per heavy atom. The fourth-order valence-electron chi connectivity index (χ4n) is 3.15. The van der Waals surface area contributed by atoms with Crippen molar-refractivity contribution in [1.82, 2.24) is 9.21 Å². The maximum Gasteiger partial charge on any atom is 1.00 e. The Labute approximate surface area is 185 Å². The van der Waals surface area contributed by atoms with E-state index < -0.39 is 38.7 Å². The van der Waals surface area contributed by atoms with Crippen LogP contribution in [-0.4, -0.2) is 30.0 Å². The van der Waals surface area contributed by atoms with Crippen LogP contribution in [0.25, 0.3) is 6.08 Å². The van der Waals surface area contributed by atoms with Gasteiger partial charge >= 0.3 is 25.0 Å². The van der Waals surface area contributed by atoms with Crippen LogP contribution in [-0.2, 0) is 10.0 Å². The predicted molar refractivity (Wildman–Crippen MR) is 98.4 cm³/mol. The second-order valence-corrected chi connectivity index (χ2v) is 7.91. The number of sulfonamides is 1. The zero-order chi connectivity index (χ0) is 21.4. The molecule has 0 aromatic heterocycles. The van der Waals surface area contributed by atoms with Gasteiger partial charge in [0.15, 0.2) is 23.8 Å². The van der Waals surface area contributed by atoms with Crippen molar-refractivity contribution in [2.75, 3.05) is 0 Å². The van der Waals surface area contributed by atoms with Gasteiger partial charge in [-0.15, -0.1) is 0 Å². The van der Waals surface area contributed by atoms with E-state index in [1.165, 1.54) is 36.5 Å². The first-order valence-electron chi connectivity index (χ1n) is 8.20. The fraction of sp³-hybridized carbons (Fsp3) is 0.158. The maximum absolute atomic E-state index is 13.9. The topological polar surface area (TPSA) is 88.2 Å². The van der Waals surface area contributed by atoms with E-state index in [9.17, 15) is 32.1 Å². The summed E-state index contributed by atoms with van der Waals surface area (Å²) in [5.41, 5.74) is -1.94. The molecular weight excluding hydrogens is 412 g/mol. The molecule has 1 atom stereocenters. The fourth-order valence-corrected chi connectivity index (χ4v) is 4.78. The van der Waals surface area contributed by atoms with Gasteiger partial charge in [-0.3, -0.25) is 0 Å². The second kappa shape index (κ2) is 8.45. The molecule has 0 N–H and O–H groups in total. The molecule has 1 heterocycles. The van der Waals surface area contributed by atoms with Crippen LogP contribution in [0.3, 0.4) is 0 Å². The molecule has 1 unspecified atom stereocenters. The third-order valence-corrected chi connectivity index (χ3v) is 6.21. The molecule has 0 spiro atoms. The first-order valence-corrected chi connectivity index (χ1v) is 9.64. The summed E-state index contributed by atoms with van der Waals surface area (Å²) in [5, 5.41) is 18.8. The number of hydrogen-bond donors (Lipinski definition) is 0. The van der Waals surface area contributed by atoms with Crippen LogP contribution in [0.2, 0.25) is 0 Å². The molecule has 1 aliphatic carbocycles. The number of nitrogens with zero attached hydrogens (tertiary/aromatic N) is 4. The minimum absolute atomic E-state index is 0. The van der Waals surface area contributed by atoms with E-state index in [2.05, 4.69) is 6.58 Å². The molecule has 3 rings (SSSR count). The number of hydrogen-bond acceptors (Lipinski definition) is 5. The van der Waals surface area contributed by atoms with E-state index >= 15 is 0 Å². The average molecular weight is 426 g/mol. The molecule has 0 amide bonds. The molecule has 150 valence electrons. The summed E-state index contributed by atoms with van der Waals surface area (Å²) in [7, 11) is -4.76. The summed E-state index contributed by atoms with van der Waals surface area (Å²) in [6.07, 6.45) is 0.930. The number of nitriles is 2. The van der Waals surface area contributed by atoms with Crippen molar-refractivity contribution in [3.8, 4) is 12.3 Å². The van der Waals surface area contributed by atoms with Gasteiger partial charge in [0.2, 0.25) is 0 Å². The van der Waals surface area contributed by atoms with Gasteiger partial charge < -0.3 is 1.43 Å². The Bertz CT molecular complexity index is 1150. The van der Waals surface area contributed by atoms with Crippen molar-refractivity contribution in [2.45, 2.75) is 23.7 Å². The number of alkyl halides is 3. The van der Waals surface area contributed by atoms with Crippen molar-refractivity contribution in [3.63, 3.8) is 0 Å². The van der Waals surface area contributed by atoms with Crippen molar-refractivity contribution in [2.24, 2.45) is 0 Å². The third-order valence-electron chi connectivity index (χ3n) is 4.44. The van der Waals surface area contributed by atoms with Gasteiger partial charge in [-0.25, -0.2) is 17.6 Å². The average Bonchev–Trinajstić information content (AvgIpc) is 3.32. The molecule has 30 heavy (non-hydrogen) atoms. The SMILES string of the molecule is C=Cc1ccc(S(=O)(=O)N2C(C(F)(F)F)=C(C#N)N(C#N)C2C2=CC=CC2)cc1.[H-].[Li+]. The molecular formula is C19H14F3LiN4O2S. The van der Waals surface area contributed by atoms with Gasteiger partial charge in [0.25, 0.3) is 10.0 Å². The zero-order valence-corrected chi connectivity index (χ0v) is 16.6. The molecule has 11 heteroatoms. The molecule has 0 saturated heterocycles. The molecule has 2 aliphatic rings. The Hall–Kier alpha value is -2.90. The van der Waals surface area contributed by atoms with Gasteiger partial charge in [0, 0.05) is 0 Å².